The van der Waals surface area contributed by atoms with Crippen LogP contribution >= 0.6 is 0 Å². The zero-order valence-electron chi connectivity index (χ0n) is 8.19. The molecule has 0 amide bonds. The Labute approximate surface area is 77.9 Å². The van der Waals surface area contributed by atoms with Crippen molar-refractivity contribution in [2.45, 2.75) is 26.4 Å². The maximum absolute atomic E-state index is 9.89. The fourth-order valence-electron chi connectivity index (χ4n) is 0.702. The Balaban J connectivity index is 3.51. The van der Waals surface area contributed by atoms with Crippen LogP contribution in [0, 0.1) is 0 Å². The van der Waals surface area contributed by atoms with Gasteiger partial charge in [-0.3, -0.25) is 4.79 Å². The minimum Gasteiger partial charge on any atom is -0.438 e. The lowest BCUT2D eigenvalue weighted by Gasteiger charge is -2.17. The molecule has 0 heterocycles. The average molecular weight is 192 g/mol. The van der Waals surface area contributed by atoms with Crippen LogP contribution < -0.4 is 0 Å². The number of rotatable bonds is 8. The third-order valence-electron chi connectivity index (χ3n) is 1.33. The molecule has 0 aliphatic rings. The molecule has 0 aromatic carbocycles. The maximum Gasteiger partial charge on any atom is 0.295 e. The van der Waals surface area contributed by atoms with Gasteiger partial charge in [-0.15, -0.1) is 0 Å². The predicted octanol–water partition coefficient (Wildman–Crippen LogP) is 0.531. The summed E-state index contributed by atoms with van der Waals surface area (Å²) >= 11 is 0. The maximum atomic E-state index is 9.89. The van der Waals surface area contributed by atoms with Crippen molar-refractivity contribution in [1.82, 2.24) is 0 Å². The highest BCUT2D eigenvalue weighted by Gasteiger charge is 2.09. The third-order valence-corrected chi connectivity index (χ3v) is 1.33. The van der Waals surface area contributed by atoms with E-state index in [4.69, 9.17) is 14.2 Å². The van der Waals surface area contributed by atoms with Crippen LogP contribution in [-0.2, 0) is 23.7 Å². The molecule has 0 saturated carbocycles. The van der Waals surface area contributed by atoms with Crippen LogP contribution in [0.4, 0.5) is 0 Å². The van der Waals surface area contributed by atoms with Crippen molar-refractivity contribution in [2.24, 2.45) is 0 Å². The smallest absolute Gasteiger partial charge is 0.295 e. The Morgan fingerprint density at radius 2 is 2.08 bits per heavy atom. The van der Waals surface area contributed by atoms with Crippen molar-refractivity contribution in [2.75, 3.05) is 20.3 Å². The molecular formula is C8H16O5. The molecule has 5 nitrogen and oxygen atoms in total. The first-order valence-electron chi connectivity index (χ1n) is 4.09. The summed E-state index contributed by atoms with van der Waals surface area (Å²) < 4.78 is 19.6. The van der Waals surface area contributed by atoms with E-state index in [0.717, 1.165) is 0 Å². The van der Waals surface area contributed by atoms with Crippen molar-refractivity contribution >= 4 is 6.47 Å². The van der Waals surface area contributed by atoms with E-state index in [1.807, 2.05) is 6.92 Å². The molecule has 0 fully saturated rings. The van der Waals surface area contributed by atoms with Crippen LogP contribution in [0.15, 0.2) is 0 Å². The molecule has 0 aliphatic carbocycles. The number of methoxy groups -OCH3 is 1. The molecule has 0 rings (SSSR count). The largest absolute Gasteiger partial charge is 0.438 e. The lowest BCUT2D eigenvalue weighted by molar-refractivity contribution is -0.200. The van der Waals surface area contributed by atoms with Gasteiger partial charge in [-0.25, -0.2) is 0 Å². The molecule has 0 bridgehead atoms. The number of hydrogen-bond donors (Lipinski definition) is 0. The zero-order chi connectivity index (χ0) is 10.1. The van der Waals surface area contributed by atoms with E-state index in [2.05, 4.69) is 4.74 Å². The van der Waals surface area contributed by atoms with Gasteiger partial charge < -0.3 is 18.9 Å². The van der Waals surface area contributed by atoms with Crippen LogP contribution in [0.1, 0.15) is 13.8 Å². The van der Waals surface area contributed by atoms with Crippen LogP contribution in [-0.4, -0.2) is 39.4 Å². The molecule has 78 valence electrons. The molecule has 5 heteroatoms. The Morgan fingerprint density at radius 1 is 1.38 bits per heavy atom. The van der Waals surface area contributed by atoms with Crippen molar-refractivity contribution in [1.29, 1.82) is 0 Å². The summed E-state index contributed by atoms with van der Waals surface area (Å²) in [6, 6.07) is 0. The summed E-state index contributed by atoms with van der Waals surface area (Å²) in [4.78, 5) is 9.89. The Morgan fingerprint density at radius 3 is 2.54 bits per heavy atom. The molecule has 0 spiro atoms. The predicted molar refractivity (Wildman–Crippen MR) is 45.0 cm³/mol. The van der Waals surface area contributed by atoms with Gasteiger partial charge in [0.05, 0.1) is 0 Å². The van der Waals surface area contributed by atoms with Crippen molar-refractivity contribution in [3.8, 4) is 0 Å². The van der Waals surface area contributed by atoms with Crippen LogP contribution in [0.5, 0.6) is 0 Å². The molecule has 0 saturated heterocycles. The summed E-state index contributed by atoms with van der Waals surface area (Å²) in [6.07, 6.45) is -0.988. The minimum atomic E-state index is -0.574. The fourth-order valence-corrected chi connectivity index (χ4v) is 0.702. The number of ether oxygens (including phenoxy) is 4. The van der Waals surface area contributed by atoms with E-state index in [1.54, 1.807) is 6.92 Å². The van der Waals surface area contributed by atoms with Gasteiger partial charge in [0.25, 0.3) is 6.47 Å². The van der Waals surface area contributed by atoms with E-state index in [1.165, 1.54) is 7.11 Å². The first kappa shape index (κ1) is 12.3. The Bertz CT molecular complexity index is 128. The van der Waals surface area contributed by atoms with Crippen LogP contribution in [0.2, 0.25) is 0 Å². The highest BCUT2D eigenvalue weighted by atomic mass is 16.7. The van der Waals surface area contributed by atoms with Gasteiger partial charge in [-0.2, -0.15) is 0 Å². The van der Waals surface area contributed by atoms with Crippen molar-refractivity contribution in [3.05, 3.63) is 0 Å². The van der Waals surface area contributed by atoms with Gasteiger partial charge in [-0.05, 0) is 13.8 Å². The quantitative estimate of drug-likeness (QED) is 0.415. The summed E-state index contributed by atoms with van der Waals surface area (Å²) in [6.45, 7) is 4.60. The minimum absolute atomic E-state index is 0.235. The number of hydrogen-bond acceptors (Lipinski definition) is 5. The highest BCUT2D eigenvalue weighted by molar-refractivity contribution is 5.37. The van der Waals surface area contributed by atoms with Crippen LogP contribution in [0.3, 0.4) is 0 Å². The lowest BCUT2D eigenvalue weighted by atomic mass is 10.6. The van der Waals surface area contributed by atoms with Gasteiger partial charge >= 0.3 is 0 Å². The topological polar surface area (TPSA) is 54.0 Å². The van der Waals surface area contributed by atoms with Gasteiger partial charge in [-0.1, -0.05) is 0 Å². The molecule has 0 aromatic heterocycles. The lowest BCUT2D eigenvalue weighted by Crippen LogP contribution is -2.25. The zero-order valence-corrected chi connectivity index (χ0v) is 8.19. The van der Waals surface area contributed by atoms with E-state index in [-0.39, 0.29) is 6.61 Å². The monoisotopic (exact) mass is 192 g/mol. The second-order valence-corrected chi connectivity index (χ2v) is 2.25. The summed E-state index contributed by atoms with van der Waals surface area (Å²) in [5.74, 6) is 0. The average Bonchev–Trinajstić information content (AvgIpc) is 2.12. The first-order chi connectivity index (χ1) is 6.24. The van der Waals surface area contributed by atoms with Gasteiger partial charge in [0.15, 0.2) is 12.6 Å². The summed E-state index contributed by atoms with van der Waals surface area (Å²) in [7, 11) is 1.52. The number of carbonyl (C=O) groups excluding carboxylic acids is 1. The first-order valence-corrected chi connectivity index (χ1v) is 4.09. The molecule has 0 N–H and O–H groups in total. The Hall–Kier alpha value is -0.650. The van der Waals surface area contributed by atoms with E-state index in [9.17, 15) is 4.79 Å². The Kier molecular flexibility index (Phi) is 7.57. The second kappa shape index (κ2) is 7.97. The molecule has 2 atom stereocenters. The van der Waals surface area contributed by atoms with E-state index < -0.39 is 12.6 Å². The standard InChI is InChI=1S/C8H16O5/c1-4-11-8(10-3)5-12-7(2)13-6-9/h6-8H,4-5H2,1-3H3. The summed E-state index contributed by atoms with van der Waals surface area (Å²) in [5.41, 5.74) is 0. The molecule has 2 unspecified atom stereocenters. The van der Waals surface area contributed by atoms with Gasteiger partial charge in [0.2, 0.25) is 0 Å². The molecule has 0 aliphatic heterocycles. The molecule has 0 aromatic rings. The van der Waals surface area contributed by atoms with E-state index in [0.29, 0.717) is 13.1 Å². The normalized spacial score (nSPS) is 15.0. The van der Waals surface area contributed by atoms with Gasteiger partial charge in [0.1, 0.15) is 6.61 Å². The molecular weight excluding hydrogens is 176 g/mol. The highest BCUT2D eigenvalue weighted by Crippen LogP contribution is 1.98. The molecule has 0 radical (unpaired) electrons. The third kappa shape index (κ3) is 6.51. The summed E-state index contributed by atoms with van der Waals surface area (Å²) in [5, 5.41) is 0. The fraction of sp³-hybridized carbons (Fsp3) is 0.875. The van der Waals surface area contributed by atoms with Gasteiger partial charge in [0, 0.05) is 13.7 Å². The van der Waals surface area contributed by atoms with Crippen molar-refractivity contribution < 1.29 is 23.7 Å². The SMILES string of the molecule is CCOC(COC(C)OC=O)OC. The van der Waals surface area contributed by atoms with Crippen LogP contribution in [0.25, 0.3) is 0 Å². The van der Waals surface area contributed by atoms with E-state index >= 15 is 0 Å². The van der Waals surface area contributed by atoms with Crippen molar-refractivity contribution in [3.63, 3.8) is 0 Å². The second-order valence-electron chi connectivity index (χ2n) is 2.25. The molecule has 13 heavy (non-hydrogen) atoms. The number of carbonyl (C=O) groups is 1.